The van der Waals surface area contributed by atoms with Gasteiger partial charge < -0.3 is 4.90 Å². The van der Waals surface area contributed by atoms with Crippen LogP contribution in [0.15, 0.2) is 214 Å². The van der Waals surface area contributed by atoms with Gasteiger partial charge in [0.1, 0.15) is 0 Å². The first-order chi connectivity index (χ1) is 22.5. The molecule has 0 aliphatic rings. The van der Waals surface area contributed by atoms with Crippen LogP contribution in [-0.2, 0) is 0 Å². The van der Waals surface area contributed by atoms with Crippen LogP contribution in [0.3, 0.4) is 0 Å². The smallest absolute Gasteiger partial charge is 0.0458 e. The van der Waals surface area contributed by atoms with Gasteiger partial charge in [-0.25, -0.2) is 0 Å². The van der Waals surface area contributed by atoms with Gasteiger partial charge in [-0.1, -0.05) is 179 Å². The summed E-state index contributed by atoms with van der Waals surface area (Å²) in [5.41, 5.74) is 12.1. The topological polar surface area (TPSA) is 3.24 Å². The van der Waals surface area contributed by atoms with Crippen LogP contribution >= 0.6 is 0 Å². The number of nitrogens with zero attached hydrogens (tertiary/aromatic N) is 1. The largest absolute Gasteiger partial charge is 0.322 e. The molecule has 1 heteroatoms. The molecule has 0 amide bonds. The van der Waals surface area contributed by atoms with E-state index >= 15 is 0 Å². The molecule has 4 rings (SSSR count). The first-order valence-corrected chi connectivity index (χ1v) is 15.3. The van der Waals surface area contributed by atoms with Crippen LogP contribution < -0.4 is 4.90 Å². The van der Waals surface area contributed by atoms with E-state index < -0.39 is 0 Å². The first kappa shape index (κ1) is 33.0. The number of anilines is 1. The third-order valence-corrected chi connectivity index (χ3v) is 7.45. The lowest BCUT2D eigenvalue weighted by molar-refractivity contribution is 1.16. The monoisotopic (exact) mass is 595 g/mol. The number of benzene rings is 4. The quantitative estimate of drug-likeness (QED) is 0.131. The normalized spacial score (nSPS) is 12.0. The Hall–Kier alpha value is -5.92. The molecule has 0 radical (unpaired) electrons. The zero-order valence-electron chi connectivity index (χ0n) is 26.6. The molecule has 0 atom stereocenters. The molecule has 46 heavy (non-hydrogen) atoms. The molecule has 0 unspecified atom stereocenters. The maximum Gasteiger partial charge on any atom is 0.0458 e. The Morgan fingerprint density at radius 3 is 1.85 bits per heavy atom. The van der Waals surface area contributed by atoms with Crippen molar-refractivity contribution in [3.05, 3.63) is 220 Å². The third kappa shape index (κ3) is 8.59. The molecule has 0 aromatic heterocycles. The average molecular weight is 596 g/mol. The van der Waals surface area contributed by atoms with E-state index in [4.69, 9.17) is 0 Å². The molecule has 4 aromatic carbocycles. The molecule has 0 saturated carbocycles. The van der Waals surface area contributed by atoms with Gasteiger partial charge in [0, 0.05) is 17.6 Å². The van der Waals surface area contributed by atoms with Crippen molar-refractivity contribution in [3.63, 3.8) is 0 Å². The summed E-state index contributed by atoms with van der Waals surface area (Å²) in [6.07, 6.45) is 23.1. The zero-order valence-corrected chi connectivity index (χ0v) is 26.6. The summed E-state index contributed by atoms with van der Waals surface area (Å²) in [5, 5.41) is 0. The second-order valence-electron chi connectivity index (χ2n) is 10.6. The van der Waals surface area contributed by atoms with E-state index in [1.165, 1.54) is 5.56 Å². The van der Waals surface area contributed by atoms with E-state index in [2.05, 4.69) is 129 Å². The highest BCUT2D eigenvalue weighted by molar-refractivity contribution is 5.87. The lowest BCUT2D eigenvalue weighted by Gasteiger charge is -2.22. The second kappa shape index (κ2) is 16.8. The van der Waals surface area contributed by atoms with E-state index in [1.54, 1.807) is 12.2 Å². The van der Waals surface area contributed by atoms with Crippen molar-refractivity contribution in [2.24, 2.45) is 0 Å². The summed E-state index contributed by atoms with van der Waals surface area (Å²) >= 11 is 0. The third-order valence-electron chi connectivity index (χ3n) is 7.45. The van der Waals surface area contributed by atoms with Gasteiger partial charge in [0.15, 0.2) is 0 Å². The van der Waals surface area contributed by atoms with Crippen molar-refractivity contribution < 1.29 is 0 Å². The molecular formula is C45H41N. The highest BCUT2D eigenvalue weighted by Gasteiger charge is 2.13. The Morgan fingerprint density at radius 2 is 1.24 bits per heavy atom. The molecule has 0 heterocycles. The van der Waals surface area contributed by atoms with Crippen molar-refractivity contribution in [3.8, 4) is 33.4 Å². The Morgan fingerprint density at radius 1 is 0.587 bits per heavy atom. The Kier molecular flexibility index (Phi) is 12.0. The molecule has 0 spiro atoms. The minimum absolute atomic E-state index is 0.914. The van der Waals surface area contributed by atoms with Crippen molar-refractivity contribution in [2.75, 3.05) is 4.90 Å². The Labute approximate surface area is 275 Å². The van der Waals surface area contributed by atoms with Crippen molar-refractivity contribution in [1.29, 1.82) is 0 Å². The Bertz CT molecular complexity index is 1840. The highest BCUT2D eigenvalue weighted by atomic mass is 15.1. The maximum atomic E-state index is 4.26. The van der Waals surface area contributed by atoms with E-state index in [0.29, 0.717) is 0 Å². The van der Waals surface area contributed by atoms with Gasteiger partial charge in [0.25, 0.3) is 0 Å². The van der Waals surface area contributed by atoms with E-state index in [1.807, 2.05) is 73.9 Å². The minimum atomic E-state index is 0.914. The highest BCUT2D eigenvalue weighted by Crippen LogP contribution is 2.37. The predicted molar refractivity (Wildman–Crippen MR) is 204 cm³/mol. The van der Waals surface area contributed by atoms with Gasteiger partial charge in [-0.15, -0.1) is 0 Å². The van der Waals surface area contributed by atoms with Crippen molar-refractivity contribution in [1.82, 2.24) is 0 Å². The summed E-state index contributed by atoms with van der Waals surface area (Å²) < 4.78 is 0. The van der Waals surface area contributed by atoms with Gasteiger partial charge in [-0.3, -0.25) is 0 Å². The van der Waals surface area contributed by atoms with Crippen LogP contribution in [0.2, 0.25) is 0 Å². The van der Waals surface area contributed by atoms with Gasteiger partial charge in [-0.2, -0.15) is 0 Å². The summed E-state index contributed by atoms with van der Waals surface area (Å²) in [6.45, 7) is 21.6. The fourth-order valence-electron chi connectivity index (χ4n) is 5.07. The molecule has 0 aliphatic heterocycles. The lowest BCUT2D eigenvalue weighted by atomic mass is 9.92. The lowest BCUT2D eigenvalue weighted by Crippen LogP contribution is -2.12. The molecular weight excluding hydrogens is 555 g/mol. The fourth-order valence-corrected chi connectivity index (χ4v) is 5.07. The van der Waals surface area contributed by atoms with Gasteiger partial charge >= 0.3 is 0 Å². The number of allylic oxidation sites excluding steroid dienone is 14. The van der Waals surface area contributed by atoms with Gasteiger partial charge in [0.2, 0.25) is 0 Å². The van der Waals surface area contributed by atoms with Crippen LogP contribution in [0.5, 0.6) is 0 Å². The minimum Gasteiger partial charge on any atom is -0.322 e. The molecule has 226 valence electrons. The molecule has 0 saturated heterocycles. The predicted octanol–water partition coefficient (Wildman–Crippen LogP) is 12.7. The zero-order chi connectivity index (χ0) is 32.7. The van der Waals surface area contributed by atoms with E-state index in [0.717, 1.165) is 55.9 Å². The summed E-state index contributed by atoms with van der Waals surface area (Å²) in [6, 6.07) is 34.4. The van der Waals surface area contributed by atoms with Crippen LogP contribution in [-0.4, -0.2) is 0 Å². The van der Waals surface area contributed by atoms with E-state index in [9.17, 15) is 0 Å². The first-order valence-electron chi connectivity index (χ1n) is 15.3. The van der Waals surface area contributed by atoms with Crippen LogP contribution in [0.4, 0.5) is 5.69 Å². The fraction of sp³-hybridized carbons (Fsp3) is 0.0222. The molecule has 0 N–H and O–H groups in total. The number of hydrogen-bond acceptors (Lipinski definition) is 1. The Balaban J connectivity index is 1.68. The average Bonchev–Trinajstić information content (AvgIpc) is 3.10. The van der Waals surface area contributed by atoms with Crippen molar-refractivity contribution in [2.45, 2.75) is 6.92 Å². The van der Waals surface area contributed by atoms with E-state index in [-0.39, 0.29) is 0 Å². The summed E-state index contributed by atoms with van der Waals surface area (Å²) in [7, 11) is 0. The second-order valence-corrected chi connectivity index (χ2v) is 10.6. The molecule has 4 aromatic rings. The van der Waals surface area contributed by atoms with Crippen molar-refractivity contribution >= 4 is 11.3 Å². The van der Waals surface area contributed by atoms with Crippen LogP contribution in [0, 0.1) is 0 Å². The standard InChI is InChI=1S/C45H41N/c1-7-11-12-14-19-36(9-3)20-17-33-46(35(5)6)43-31-32-44(45(34-43)41-21-15-13-16-22-41)42-29-27-40(28-30-42)39-25-23-38(24-26-39)37(10-4)18-8-2/h7-34H,1-5H2,6H3/b12-11-,19-14+,33-17+,36-20+,37-18+. The summed E-state index contributed by atoms with van der Waals surface area (Å²) in [5.74, 6) is 0. The van der Waals surface area contributed by atoms with Crippen LogP contribution in [0.1, 0.15) is 12.5 Å². The molecule has 0 aliphatic carbocycles. The van der Waals surface area contributed by atoms with Gasteiger partial charge in [-0.05, 0) is 75.2 Å². The van der Waals surface area contributed by atoms with Gasteiger partial charge in [0.05, 0.1) is 0 Å². The van der Waals surface area contributed by atoms with Crippen LogP contribution in [0.25, 0.3) is 39.0 Å². The molecule has 0 fully saturated rings. The molecule has 0 bridgehead atoms. The SMILES string of the molecule is C=C\C=C/C=C/C(C=C)=C/C=C/N(C(=C)C)c1ccc(-c2ccc(-c3ccc(/C(C=C)=C/C=C)cc3)cc2)c(-c2ccccc2)c1. The maximum absolute atomic E-state index is 4.26. The molecule has 1 nitrogen and oxygen atoms in total. The number of hydrogen-bond donors (Lipinski definition) is 0. The number of rotatable bonds is 14. The summed E-state index contributed by atoms with van der Waals surface area (Å²) in [4.78, 5) is 2.10.